The van der Waals surface area contributed by atoms with E-state index in [-0.39, 0.29) is 5.95 Å². The maximum Gasteiger partial charge on any atom is 0.291 e. The minimum absolute atomic E-state index is 0.0430. The summed E-state index contributed by atoms with van der Waals surface area (Å²) < 4.78 is 0. The number of carbonyl (C=O) groups excluding carboxylic acids is 1. The number of carbonyl (C=O) groups is 1. The Bertz CT molecular complexity index is 371. The number of nitrogens with two attached hydrogens (primary N) is 2. The van der Waals surface area contributed by atoms with Crippen molar-refractivity contribution in [3.05, 3.63) is 16.0 Å². The number of rotatable bonds is 2. The molecule has 0 spiro atoms. The Morgan fingerprint density at radius 3 is 2.54 bits per heavy atom. The molecule has 0 aliphatic carbocycles. The van der Waals surface area contributed by atoms with E-state index in [1.807, 2.05) is 0 Å². The molecule has 0 aliphatic rings. The van der Waals surface area contributed by atoms with Crippen LogP contribution in [0.25, 0.3) is 0 Å². The highest BCUT2D eigenvalue weighted by Crippen LogP contribution is 1.86. The predicted molar refractivity (Wildman–Crippen MR) is 42.1 cm³/mol. The Kier molecular flexibility index (Phi) is 2.52. The molecule has 1 aromatic rings. The molecule has 0 radical (unpaired) electrons. The lowest BCUT2D eigenvalue weighted by Crippen LogP contribution is -2.36. The minimum atomic E-state index is -0.822. The Balaban J connectivity index is 3.13. The van der Waals surface area contributed by atoms with Gasteiger partial charge in [0.05, 0.1) is 0 Å². The van der Waals surface area contributed by atoms with Gasteiger partial charge in [0, 0.05) is 0 Å². The van der Waals surface area contributed by atoms with Gasteiger partial charge in [0.25, 0.3) is 11.5 Å². The fraction of sp³-hybridized carbons (Fsp3) is 0. The normalized spacial score (nSPS) is 9.38. The zero-order chi connectivity index (χ0) is 9.84. The summed E-state index contributed by atoms with van der Waals surface area (Å²) in [6.45, 7) is 0. The zero-order valence-electron chi connectivity index (χ0n) is 6.37. The van der Waals surface area contributed by atoms with Crippen LogP contribution < -0.4 is 28.1 Å². The first kappa shape index (κ1) is 9.09. The number of nitrogen functional groups attached to an aromatic ring is 2. The quantitative estimate of drug-likeness (QED) is 0.187. The molecule has 0 fully saturated rings. The SMILES string of the molecule is NNC(=O)c1nnc(NN)[nH]c1=O. The fourth-order valence-electron chi connectivity index (χ4n) is 0.619. The Hall–Kier alpha value is -2.00. The summed E-state index contributed by atoms with van der Waals surface area (Å²) in [6.07, 6.45) is 0. The van der Waals surface area contributed by atoms with Gasteiger partial charge in [-0.25, -0.2) is 11.7 Å². The summed E-state index contributed by atoms with van der Waals surface area (Å²) in [5.74, 6) is 8.85. The Labute approximate surface area is 71.5 Å². The second-order valence-corrected chi connectivity index (χ2v) is 1.97. The van der Waals surface area contributed by atoms with Gasteiger partial charge >= 0.3 is 0 Å². The van der Waals surface area contributed by atoms with E-state index in [0.717, 1.165) is 0 Å². The van der Waals surface area contributed by atoms with Gasteiger partial charge in [-0.1, -0.05) is 0 Å². The van der Waals surface area contributed by atoms with Crippen molar-refractivity contribution in [3.63, 3.8) is 0 Å². The zero-order valence-corrected chi connectivity index (χ0v) is 6.37. The predicted octanol–water partition coefficient (Wildman–Crippen LogP) is -2.95. The lowest BCUT2D eigenvalue weighted by atomic mass is 10.4. The smallest absolute Gasteiger partial charge is 0.291 e. The van der Waals surface area contributed by atoms with Crippen LogP contribution in [0.3, 0.4) is 0 Å². The molecule has 0 saturated heterocycles. The highest BCUT2D eigenvalue weighted by molar-refractivity contribution is 5.91. The standard InChI is InChI=1S/C4H7N7O2/c5-8-3(13)1-2(12)7-4(9-6)11-10-1/h5-6H2,(H,8,13)(H2,7,9,11,12). The van der Waals surface area contributed by atoms with Gasteiger partial charge in [0.15, 0.2) is 0 Å². The minimum Gasteiger partial charge on any atom is -0.293 e. The van der Waals surface area contributed by atoms with Gasteiger partial charge in [-0.3, -0.25) is 25.4 Å². The number of nitrogens with one attached hydrogen (secondary N) is 3. The first-order valence-electron chi connectivity index (χ1n) is 3.13. The first-order chi connectivity index (χ1) is 6.19. The largest absolute Gasteiger partial charge is 0.293 e. The molecule has 1 aromatic heterocycles. The third-order valence-corrected chi connectivity index (χ3v) is 1.18. The van der Waals surface area contributed by atoms with Gasteiger partial charge in [0.1, 0.15) is 0 Å². The molecule has 1 rings (SSSR count). The van der Waals surface area contributed by atoms with E-state index in [0.29, 0.717) is 0 Å². The monoisotopic (exact) mass is 185 g/mol. The number of nitrogens with zero attached hydrogens (tertiary/aromatic N) is 2. The number of anilines is 1. The lowest BCUT2D eigenvalue weighted by molar-refractivity contribution is 0.0946. The van der Waals surface area contributed by atoms with Crippen LogP contribution in [-0.4, -0.2) is 21.1 Å². The maximum atomic E-state index is 11.0. The van der Waals surface area contributed by atoms with E-state index < -0.39 is 17.2 Å². The third-order valence-electron chi connectivity index (χ3n) is 1.18. The molecule has 9 heteroatoms. The van der Waals surface area contributed by atoms with Crippen molar-refractivity contribution in [1.82, 2.24) is 20.6 Å². The van der Waals surface area contributed by atoms with E-state index in [1.165, 1.54) is 0 Å². The molecule has 1 amide bonds. The van der Waals surface area contributed by atoms with Crippen LogP contribution in [-0.2, 0) is 0 Å². The summed E-state index contributed by atoms with van der Waals surface area (Å²) in [4.78, 5) is 24.0. The van der Waals surface area contributed by atoms with Crippen LogP contribution in [0, 0.1) is 0 Å². The van der Waals surface area contributed by atoms with Crippen LogP contribution >= 0.6 is 0 Å². The molecule has 0 atom stereocenters. The van der Waals surface area contributed by atoms with E-state index in [9.17, 15) is 9.59 Å². The summed E-state index contributed by atoms with van der Waals surface area (Å²) in [5, 5.41) is 6.66. The topological polar surface area (TPSA) is 152 Å². The van der Waals surface area contributed by atoms with Crippen LogP contribution in [0.4, 0.5) is 5.95 Å². The highest BCUT2D eigenvalue weighted by Gasteiger charge is 2.11. The number of hydrogen-bond donors (Lipinski definition) is 5. The molecule has 1 heterocycles. The third kappa shape index (κ3) is 1.77. The number of amides is 1. The number of aromatic amines is 1. The van der Waals surface area contributed by atoms with Crippen LogP contribution in [0.15, 0.2) is 4.79 Å². The summed E-state index contributed by atoms with van der Waals surface area (Å²) in [7, 11) is 0. The number of H-pyrrole nitrogens is 1. The maximum absolute atomic E-state index is 11.0. The van der Waals surface area contributed by atoms with Gasteiger partial charge in [-0.2, -0.15) is 0 Å². The van der Waals surface area contributed by atoms with E-state index in [4.69, 9.17) is 11.7 Å². The molecule has 9 nitrogen and oxygen atoms in total. The molecule has 7 N–H and O–H groups in total. The molecule has 13 heavy (non-hydrogen) atoms. The van der Waals surface area contributed by atoms with E-state index >= 15 is 0 Å². The fourth-order valence-corrected chi connectivity index (χ4v) is 0.619. The van der Waals surface area contributed by atoms with Crippen molar-refractivity contribution >= 4 is 11.9 Å². The average molecular weight is 185 g/mol. The van der Waals surface area contributed by atoms with Crippen molar-refractivity contribution in [2.24, 2.45) is 11.7 Å². The average Bonchev–Trinajstić information content (AvgIpc) is 2.16. The van der Waals surface area contributed by atoms with Crippen LogP contribution in [0.2, 0.25) is 0 Å². The second-order valence-electron chi connectivity index (χ2n) is 1.97. The number of hydrogen-bond acceptors (Lipinski definition) is 7. The molecule has 0 aliphatic heterocycles. The Morgan fingerprint density at radius 2 is 2.08 bits per heavy atom. The molecule has 0 bridgehead atoms. The van der Waals surface area contributed by atoms with Crippen LogP contribution in [0.5, 0.6) is 0 Å². The first-order valence-corrected chi connectivity index (χ1v) is 3.13. The van der Waals surface area contributed by atoms with Crippen LogP contribution in [0.1, 0.15) is 10.5 Å². The van der Waals surface area contributed by atoms with E-state index in [1.54, 1.807) is 5.43 Å². The van der Waals surface area contributed by atoms with E-state index in [2.05, 4.69) is 20.6 Å². The summed E-state index contributed by atoms with van der Waals surface area (Å²) in [5.41, 5.74) is 2.65. The Morgan fingerprint density at radius 1 is 1.38 bits per heavy atom. The lowest BCUT2D eigenvalue weighted by Gasteiger charge is -1.98. The summed E-state index contributed by atoms with van der Waals surface area (Å²) >= 11 is 0. The molecule has 0 unspecified atom stereocenters. The van der Waals surface area contributed by atoms with Crippen molar-refractivity contribution in [1.29, 1.82) is 0 Å². The van der Waals surface area contributed by atoms with Crippen molar-refractivity contribution in [2.75, 3.05) is 5.43 Å². The van der Waals surface area contributed by atoms with Gasteiger partial charge in [-0.05, 0) is 0 Å². The summed E-state index contributed by atoms with van der Waals surface area (Å²) in [6, 6.07) is 0. The number of hydrazine groups is 2. The molecular weight excluding hydrogens is 178 g/mol. The van der Waals surface area contributed by atoms with Crippen molar-refractivity contribution in [2.45, 2.75) is 0 Å². The van der Waals surface area contributed by atoms with Crippen molar-refractivity contribution in [3.8, 4) is 0 Å². The van der Waals surface area contributed by atoms with Gasteiger partial charge in [-0.15, -0.1) is 10.2 Å². The number of aromatic nitrogens is 3. The van der Waals surface area contributed by atoms with Gasteiger partial charge < -0.3 is 0 Å². The molecule has 70 valence electrons. The van der Waals surface area contributed by atoms with Crippen molar-refractivity contribution < 1.29 is 4.79 Å². The molecule has 0 saturated carbocycles. The highest BCUT2D eigenvalue weighted by atomic mass is 16.2. The van der Waals surface area contributed by atoms with Gasteiger partial charge in [0.2, 0.25) is 11.6 Å². The molecule has 0 aromatic carbocycles. The molecular formula is C4H7N7O2. The second kappa shape index (κ2) is 3.60.